The SMILES string of the molecule is CCNC(=NCc1ccccc1OC(F)F)NCc1ncc(C(C)(C)C)o1. The number of rotatable bonds is 7. The fourth-order valence-corrected chi connectivity index (χ4v) is 2.25. The first kappa shape index (κ1) is 20.7. The summed E-state index contributed by atoms with van der Waals surface area (Å²) in [6.07, 6.45) is 1.72. The van der Waals surface area contributed by atoms with Crippen LogP contribution in [0.2, 0.25) is 0 Å². The highest BCUT2D eigenvalue weighted by atomic mass is 19.3. The number of halogens is 2. The van der Waals surface area contributed by atoms with E-state index >= 15 is 0 Å². The predicted molar refractivity (Wildman–Crippen MR) is 99.9 cm³/mol. The molecule has 0 radical (unpaired) electrons. The Morgan fingerprint density at radius 3 is 2.63 bits per heavy atom. The number of ether oxygens (including phenoxy) is 1. The second-order valence-electron chi connectivity index (χ2n) is 6.90. The Morgan fingerprint density at radius 1 is 1.26 bits per heavy atom. The van der Waals surface area contributed by atoms with Crippen LogP contribution in [-0.4, -0.2) is 24.1 Å². The summed E-state index contributed by atoms with van der Waals surface area (Å²) < 4.78 is 35.3. The van der Waals surface area contributed by atoms with Crippen molar-refractivity contribution >= 4 is 5.96 Å². The minimum Gasteiger partial charge on any atom is -0.443 e. The largest absolute Gasteiger partial charge is 0.443 e. The normalized spacial score (nSPS) is 12.3. The van der Waals surface area contributed by atoms with Gasteiger partial charge in [0.1, 0.15) is 11.5 Å². The predicted octanol–water partition coefficient (Wildman–Crippen LogP) is 3.83. The van der Waals surface area contributed by atoms with Crippen molar-refractivity contribution in [3.8, 4) is 5.75 Å². The van der Waals surface area contributed by atoms with Crippen LogP contribution in [0.3, 0.4) is 0 Å². The average Bonchev–Trinajstić information content (AvgIpc) is 3.07. The van der Waals surface area contributed by atoms with Crippen LogP contribution in [0.15, 0.2) is 39.9 Å². The van der Waals surface area contributed by atoms with Gasteiger partial charge in [-0.25, -0.2) is 9.98 Å². The number of oxazole rings is 1. The zero-order chi connectivity index (χ0) is 19.9. The molecule has 2 rings (SSSR count). The summed E-state index contributed by atoms with van der Waals surface area (Å²) in [7, 11) is 0. The number of para-hydroxylation sites is 1. The maximum absolute atomic E-state index is 12.5. The van der Waals surface area contributed by atoms with Crippen LogP contribution in [0.5, 0.6) is 5.75 Å². The highest BCUT2D eigenvalue weighted by Crippen LogP contribution is 2.23. The summed E-state index contributed by atoms with van der Waals surface area (Å²) in [5, 5.41) is 6.23. The maximum atomic E-state index is 12.5. The van der Waals surface area contributed by atoms with Crippen molar-refractivity contribution in [3.63, 3.8) is 0 Å². The third-order valence-corrected chi connectivity index (χ3v) is 3.64. The van der Waals surface area contributed by atoms with Gasteiger partial charge in [-0.1, -0.05) is 39.0 Å². The Bertz CT molecular complexity index is 754. The van der Waals surface area contributed by atoms with Crippen LogP contribution < -0.4 is 15.4 Å². The minimum atomic E-state index is -2.87. The summed E-state index contributed by atoms with van der Waals surface area (Å²) in [6.45, 7) is 6.42. The second kappa shape index (κ2) is 9.34. The quantitative estimate of drug-likeness (QED) is 0.564. The molecule has 0 aliphatic carbocycles. The molecular weight excluding hydrogens is 354 g/mol. The number of alkyl halides is 2. The van der Waals surface area contributed by atoms with Crippen LogP contribution in [0.25, 0.3) is 0 Å². The van der Waals surface area contributed by atoms with E-state index in [4.69, 9.17) is 4.42 Å². The number of aliphatic imine (C=N–C) groups is 1. The van der Waals surface area contributed by atoms with Crippen LogP contribution in [0.1, 0.15) is 44.9 Å². The summed E-state index contributed by atoms with van der Waals surface area (Å²) in [5.41, 5.74) is 0.458. The van der Waals surface area contributed by atoms with Gasteiger partial charge in [-0.3, -0.25) is 0 Å². The first-order chi connectivity index (χ1) is 12.8. The molecule has 148 valence electrons. The van der Waals surface area contributed by atoms with Crippen molar-refractivity contribution in [2.45, 2.75) is 52.8 Å². The third-order valence-electron chi connectivity index (χ3n) is 3.64. The molecular formula is C19H26F2N4O2. The Hall–Kier alpha value is -2.64. The number of aromatic nitrogens is 1. The van der Waals surface area contributed by atoms with Gasteiger partial charge in [0.05, 0.1) is 19.3 Å². The molecule has 0 spiro atoms. The zero-order valence-electron chi connectivity index (χ0n) is 16.1. The molecule has 0 amide bonds. The molecule has 0 saturated carbocycles. The van der Waals surface area contributed by atoms with Crippen LogP contribution >= 0.6 is 0 Å². The van der Waals surface area contributed by atoms with Crippen LogP contribution in [0, 0.1) is 0 Å². The molecule has 2 aromatic rings. The number of hydrogen-bond acceptors (Lipinski definition) is 4. The number of nitrogens with zero attached hydrogens (tertiary/aromatic N) is 2. The monoisotopic (exact) mass is 380 g/mol. The molecule has 1 aromatic heterocycles. The van der Waals surface area contributed by atoms with Crippen molar-refractivity contribution in [1.29, 1.82) is 0 Å². The topological polar surface area (TPSA) is 71.7 Å². The van der Waals surface area contributed by atoms with Crippen molar-refractivity contribution in [2.75, 3.05) is 6.54 Å². The molecule has 0 fully saturated rings. The van der Waals surface area contributed by atoms with Crippen molar-refractivity contribution in [1.82, 2.24) is 15.6 Å². The van der Waals surface area contributed by atoms with E-state index in [-0.39, 0.29) is 17.7 Å². The molecule has 0 aliphatic rings. The van der Waals surface area contributed by atoms with Gasteiger partial charge >= 0.3 is 6.61 Å². The molecule has 6 nitrogen and oxygen atoms in total. The first-order valence-electron chi connectivity index (χ1n) is 8.79. The van der Waals surface area contributed by atoms with Crippen LogP contribution in [0.4, 0.5) is 8.78 Å². The highest BCUT2D eigenvalue weighted by Gasteiger charge is 2.19. The van der Waals surface area contributed by atoms with Gasteiger partial charge < -0.3 is 19.8 Å². The van der Waals surface area contributed by atoms with Crippen molar-refractivity contribution < 1.29 is 17.9 Å². The van der Waals surface area contributed by atoms with E-state index in [9.17, 15) is 8.78 Å². The Balaban J connectivity index is 2.03. The highest BCUT2D eigenvalue weighted by molar-refractivity contribution is 5.79. The minimum absolute atomic E-state index is 0.113. The lowest BCUT2D eigenvalue weighted by atomic mass is 9.94. The first-order valence-corrected chi connectivity index (χ1v) is 8.79. The third kappa shape index (κ3) is 6.54. The lowest BCUT2D eigenvalue weighted by molar-refractivity contribution is -0.0504. The maximum Gasteiger partial charge on any atom is 0.387 e. The number of nitrogens with one attached hydrogen (secondary N) is 2. The van der Waals surface area contributed by atoms with E-state index in [1.54, 1.807) is 24.4 Å². The van der Waals surface area contributed by atoms with E-state index in [0.29, 0.717) is 30.5 Å². The van der Waals surface area contributed by atoms with Gasteiger partial charge in [0, 0.05) is 17.5 Å². The smallest absolute Gasteiger partial charge is 0.387 e. The molecule has 27 heavy (non-hydrogen) atoms. The average molecular weight is 380 g/mol. The Morgan fingerprint density at radius 2 is 2.00 bits per heavy atom. The van der Waals surface area contributed by atoms with Gasteiger partial charge in [0.15, 0.2) is 5.96 Å². The fraction of sp³-hybridized carbons (Fsp3) is 0.474. The molecule has 8 heteroatoms. The molecule has 0 saturated heterocycles. The van der Waals surface area contributed by atoms with E-state index in [1.165, 1.54) is 6.07 Å². The summed E-state index contributed by atoms with van der Waals surface area (Å²) in [4.78, 5) is 8.69. The van der Waals surface area contributed by atoms with Gasteiger partial charge in [-0.2, -0.15) is 8.78 Å². The molecule has 0 atom stereocenters. The van der Waals surface area contributed by atoms with E-state index in [0.717, 1.165) is 5.76 Å². The van der Waals surface area contributed by atoms with Crippen molar-refractivity contribution in [3.05, 3.63) is 47.7 Å². The number of benzene rings is 1. The second-order valence-corrected chi connectivity index (χ2v) is 6.90. The molecule has 0 unspecified atom stereocenters. The Labute approximate surface area is 158 Å². The van der Waals surface area contributed by atoms with Crippen LogP contribution in [-0.2, 0) is 18.5 Å². The fourth-order valence-electron chi connectivity index (χ4n) is 2.25. The molecule has 2 N–H and O–H groups in total. The zero-order valence-corrected chi connectivity index (χ0v) is 16.1. The standard InChI is InChI=1S/C19H26F2N4O2/c1-5-22-18(25-12-16-23-11-15(27-16)19(2,3)4)24-10-13-8-6-7-9-14(13)26-17(20)21/h6-9,11,17H,5,10,12H2,1-4H3,(H2,22,24,25). The van der Waals surface area contributed by atoms with E-state index in [1.807, 2.05) is 6.92 Å². The van der Waals surface area contributed by atoms with E-state index < -0.39 is 6.61 Å². The summed E-state index contributed by atoms with van der Waals surface area (Å²) >= 11 is 0. The molecule has 1 heterocycles. The van der Waals surface area contributed by atoms with Gasteiger partial charge in [0.25, 0.3) is 0 Å². The van der Waals surface area contributed by atoms with E-state index in [2.05, 4.69) is 46.1 Å². The summed E-state index contributed by atoms with van der Waals surface area (Å²) in [6, 6.07) is 6.60. The van der Waals surface area contributed by atoms with Gasteiger partial charge in [0.2, 0.25) is 5.89 Å². The molecule has 0 aliphatic heterocycles. The molecule has 1 aromatic carbocycles. The lowest BCUT2D eigenvalue weighted by Crippen LogP contribution is -2.36. The Kier molecular flexibility index (Phi) is 7.15. The number of hydrogen-bond donors (Lipinski definition) is 2. The molecule has 0 bridgehead atoms. The summed E-state index contributed by atoms with van der Waals surface area (Å²) in [5.74, 6) is 2.00. The van der Waals surface area contributed by atoms with Gasteiger partial charge in [-0.15, -0.1) is 0 Å². The lowest BCUT2D eigenvalue weighted by Gasteiger charge is -2.13. The number of guanidine groups is 1. The van der Waals surface area contributed by atoms with Crippen molar-refractivity contribution in [2.24, 2.45) is 4.99 Å². The van der Waals surface area contributed by atoms with Gasteiger partial charge in [-0.05, 0) is 13.0 Å².